The van der Waals surface area contributed by atoms with Gasteiger partial charge < -0.3 is 14.7 Å². The number of ketones is 1. The first-order valence-electron chi connectivity index (χ1n) is 8.59. The second-order valence-electron chi connectivity index (χ2n) is 6.57. The number of Topliss-reactive ketones (excluding diaryl/α,β-unsaturated/α-hetero) is 1. The van der Waals surface area contributed by atoms with E-state index in [1.54, 1.807) is 21.8 Å². The Morgan fingerprint density at radius 2 is 2.19 bits per heavy atom. The highest BCUT2D eigenvalue weighted by Crippen LogP contribution is 2.29. The van der Waals surface area contributed by atoms with Crippen LogP contribution in [0.15, 0.2) is 30.6 Å². The Morgan fingerprint density at radius 1 is 1.33 bits per heavy atom. The highest BCUT2D eigenvalue weighted by atomic mass is 19.1. The van der Waals surface area contributed by atoms with Gasteiger partial charge in [0.1, 0.15) is 18.0 Å². The second-order valence-corrected chi connectivity index (χ2v) is 6.57. The lowest BCUT2D eigenvalue weighted by Crippen LogP contribution is -2.44. The molecule has 1 N–H and O–H groups in total. The molecule has 27 heavy (non-hydrogen) atoms. The largest absolute Gasteiger partial charge is 0.442 e. The highest BCUT2D eigenvalue weighted by Gasteiger charge is 2.33. The van der Waals surface area contributed by atoms with E-state index in [9.17, 15) is 19.1 Å². The maximum absolute atomic E-state index is 14.6. The van der Waals surface area contributed by atoms with Crippen molar-refractivity contribution in [2.45, 2.75) is 25.2 Å². The van der Waals surface area contributed by atoms with Gasteiger partial charge >= 0.3 is 6.09 Å². The highest BCUT2D eigenvalue weighted by molar-refractivity contribution is 5.91. The fourth-order valence-electron chi connectivity index (χ4n) is 3.30. The van der Waals surface area contributed by atoms with E-state index in [0.29, 0.717) is 18.8 Å². The molecule has 2 saturated heterocycles. The fraction of sp³-hybridized carbons (Fsp3) is 0.412. The number of hydrogen-bond donors (Lipinski definition) is 1. The van der Waals surface area contributed by atoms with E-state index < -0.39 is 24.1 Å². The molecule has 4 rings (SSSR count). The van der Waals surface area contributed by atoms with Gasteiger partial charge in [-0.3, -0.25) is 9.69 Å². The van der Waals surface area contributed by atoms with Gasteiger partial charge in [-0.1, -0.05) is 5.21 Å². The number of amides is 1. The number of hydrogen-bond acceptors (Lipinski definition) is 7. The molecule has 2 fully saturated rings. The topological polar surface area (TPSA) is 101 Å². The summed E-state index contributed by atoms with van der Waals surface area (Å²) in [5.74, 6) is -0.868. The summed E-state index contributed by atoms with van der Waals surface area (Å²) in [4.78, 5) is 26.8. The summed E-state index contributed by atoms with van der Waals surface area (Å²) in [6.45, 7) is 0.977. The summed E-state index contributed by atoms with van der Waals surface area (Å²) in [5, 5.41) is 17.0. The maximum Gasteiger partial charge on any atom is 0.414 e. The molecule has 1 aromatic heterocycles. The van der Waals surface area contributed by atoms with Crippen LogP contribution in [0.4, 0.5) is 20.6 Å². The number of piperidine rings is 1. The molecule has 2 atom stereocenters. The monoisotopic (exact) mass is 375 g/mol. The van der Waals surface area contributed by atoms with E-state index in [1.807, 2.05) is 0 Å². The molecule has 0 aliphatic carbocycles. The molecule has 1 aromatic carbocycles. The van der Waals surface area contributed by atoms with Gasteiger partial charge in [-0.15, -0.1) is 5.10 Å². The third kappa shape index (κ3) is 3.47. The second kappa shape index (κ2) is 6.95. The van der Waals surface area contributed by atoms with Gasteiger partial charge in [0.15, 0.2) is 5.78 Å². The van der Waals surface area contributed by atoms with Crippen LogP contribution < -0.4 is 9.80 Å². The Labute approximate surface area is 153 Å². The van der Waals surface area contributed by atoms with Crippen LogP contribution in [-0.4, -0.2) is 63.8 Å². The van der Waals surface area contributed by atoms with E-state index in [-0.39, 0.29) is 31.0 Å². The summed E-state index contributed by atoms with van der Waals surface area (Å²) in [5.41, 5.74) is 0.649. The Hall–Kier alpha value is -3.01. The first-order chi connectivity index (χ1) is 13.0. The van der Waals surface area contributed by atoms with Crippen LogP contribution in [0.1, 0.15) is 6.42 Å². The summed E-state index contributed by atoms with van der Waals surface area (Å²) in [6.07, 6.45) is 1.52. The van der Waals surface area contributed by atoms with Crippen molar-refractivity contribution in [2.24, 2.45) is 0 Å². The maximum atomic E-state index is 14.6. The normalized spacial score (nSPS) is 23.0. The first kappa shape index (κ1) is 17.4. The van der Waals surface area contributed by atoms with Crippen molar-refractivity contribution in [3.05, 3.63) is 36.4 Å². The molecule has 9 nitrogen and oxygen atoms in total. The lowest BCUT2D eigenvalue weighted by atomic mass is 10.1. The quantitative estimate of drug-likeness (QED) is 0.834. The molecule has 0 radical (unpaired) electrons. The van der Waals surface area contributed by atoms with Crippen molar-refractivity contribution in [3.63, 3.8) is 0 Å². The van der Waals surface area contributed by atoms with E-state index >= 15 is 0 Å². The average molecular weight is 375 g/mol. The van der Waals surface area contributed by atoms with Crippen molar-refractivity contribution in [3.8, 4) is 0 Å². The molecule has 2 aliphatic heterocycles. The minimum absolute atomic E-state index is 0.0385. The van der Waals surface area contributed by atoms with Gasteiger partial charge in [0, 0.05) is 12.7 Å². The third-order valence-corrected chi connectivity index (χ3v) is 4.71. The number of aromatic nitrogens is 3. The van der Waals surface area contributed by atoms with Crippen LogP contribution in [0.3, 0.4) is 0 Å². The number of benzene rings is 1. The SMILES string of the molecule is O=C1CN(c2ccc(N3CC(Cn4ccnn4)OC3=O)cc2F)CCC1O. The number of aliphatic hydroxyl groups excluding tert-OH is 1. The predicted octanol–water partition coefficient (Wildman–Crippen LogP) is 0.583. The number of cyclic esters (lactones) is 1. The predicted molar refractivity (Wildman–Crippen MR) is 91.9 cm³/mol. The van der Waals surface area contributed by atoms with Gasteiger partial charge in [0.25, 0.3) is 0 Å². The minimum atomic E-state index is -0.982. The molecule has 2 unspecified atom stereocenters. The van der Waals surface area contributed by atoms with Gasteiger partial charge in [0.05, 0.1) is 37.2 Å². The molecule has 0 spiro atoms. The number of halogens is 1. The number of nitrogens with zero attached hydrogens (tertiary/aromatic N) is 5. The molecule has 3 heterocycles. The molecule has 2 aliphatic rings. The number of aliphatic hydroxyl groups is 1. The Bertz CT molecular complexity index is 859. The fourth-order valence-corrected chi connectivity index (χ4v) is 3.30. The van der Waals surface area contributed by atoms with Gasteiger partial charge in [-0.05, 0) is 24.6 Å². The minimum Gasteiger partial charge on any atom is -0.442 e. The van der Waals surface area contributed by atoms with E-state index in [2.05, 4.69) is 10.3 Å². The summed E-state index contributed by atoms with van der Waals surface area (Å²) >= 11 is 0. The third-order valence-electron chi connectivity index (χ3n) is 4.71. The summed E-state index contributed by atoms with van der Waals surface area (Å²) in [6, 6.07) is 4.41. The lowest BCUT2D eigenvalue weighted by molar-refractivity contribution is -0.127. The standard InChI is InChI=1S/C17H18FN5O4/c18-13-7-11(1-2-14(13)21-5-3-15(24)16(25)10-21)23-9-12(27-17(23)26)8-22-6-4-19-20-22/h1-2,4,6-7,12,15,24H,3,5,8-10H2. The number of anilines is 2. The van der Waals surface area contributed by atoms with Crippen LogP contribution in [0.25, 0.3) is 0 Å². The van der Waals surface area contributed by atoms with Gasteiger partial charge in [-0.25, -0.2) is 13.9 Å². The molecule has 10 heteroatoms. The zero-order chi connectivity index (χ0) is 19.0. The van der Waals surface area contributed by atoms with Crippen molar-refractivity contribution < 1.29 is 23.8 Å². The van der Waals surface area contributed by atoms with Crippen LogP contribution >= 0.6 is 0 Å². The number of carbonyl (C=O) groups excluding carboxylic acids is 2. The molecular formula is C17H18FN5O4. The molecular weight excluding hydrogens is 357 g/mol. The van der Waals surface area contributed by atoms with Crippen molar-refractivity contribution >= 4 is 23.3 Å². The van der Waals surface area contributed by atoms with Crippen LogP contribution in [0.5, 0.6) is 0 Å². The van der Waals surface area contributed by atoms with E-state index in [4.69, 9.17) is 4.74 Å². The average Bonchev–Trinajstić information content (AvgIpc) is 3.27. The lowest BCUT2D eigenvalue weighted by Gasteiger charge is -2.30. The molecule has 142 valence electrons. The zero-order valence-corrected chi connectivity index (χ0v) is 14.4. The summed E-state index contributed by atoms with van der Waals surface area (Å²) in [7, 11) is 0. The van der Waals surface area contributed by atoms with Crippen LogP contribution in [0.2, 0.25) is 0 Å². The molecule has 0 saturated carbocycles. The molecule has 2 aromatic rings. The van der Waals surface area contributed by atoms with E-state index in [1.165, 1.54) is 23.2 Å². The van der Waals surface area contributed by atoms with E-state index in [0.717, 1.165) is 0 Å². The summed E-state index contributed by atoms with van der Waals surface area (Å²) < 4.78 is 21.5. The zero-order valence-electron chi connectivity index (χ0n) is 14.4. The number of ether oxygens (including phenoxy) is 1. The Balaban J connectivity index is 1.47. The number of rotatable bonds is 4. The first-order valence-corrected chi connectivity index (χ1v) is 8.59. The Morgan fingerprint density at radius 3 is 2.89 bits per heavy atom. The number of carbonyl (C=O) groups is 2. The van der Waals surface area contributed by atoms with Crippen molar-refractivity contribution in [1.82, 2.24) is 15.0 Å². The smallest absolute Gasteiger partial charge is 0.414 e. The van der Waals surface area contributed by atoms with Gasteiger partial charge in [0.2, 0.25) is 0 Å². The van der Waals surface area contributed by atoms with Gasteiger partial charge in [-0.2, -0.15) is 0 Å². The van der Waals surface area contributed by atoms with Crippen LogP contribution in [0, 0.1) is 5.82 Å². The van der Waals surface area contributed by atoms with Crippen molar-refractivity contribution in [1.29, 1.82) is 0 Å². The van der Waals surface area contributed by atoms with Crippen molar-refractivity contribution in [2.75, 3.05) is 29.4 Å². The Kier molecular flexibility index (Phi) is 4.48. The van der Waals surface area contributed by atoms with Crippen LogP contribution in [-0.2, 0) is 16.1 Å². The molecule has 0 bridgehead atoms. The molecule has 1 amide bonds.